The topological polar surface area (TPSA) is 12.0 Å². The SMILES string of the molecule is CCNC(Cc1cc(F)cc(Br)c1)c1cccc(F)c1. The Balaban J connectivity index is 2.25. The van der Waals surface area contributed by atoms with Crippen LogP contribution in [-0.4, -0.2) is 6.54 Å². The summed E-state index contributed by atoms with van der Waals surface area (Å²) < 4.78 is 27.5. The first-order valence-corrected chi connectivity index (χ1v) is 7.31. The first-order valence-electron chi connectivity index (χ1n) is 6.52. The van der Waals surface area contributed by atoms with Crippen molar-refractivity contribution in [3.63, 3.8) is 0 Å². The number of benzene rings is 2. The van der Waals surface area contributed by atoms with E-state index in [1.807, 2.05) is 19.1 Å². The number of rotatable bonds is 5. The van der Waals surface area contributed by atoms with Gasteiger partial charge in [0.2, 0.25) is 0 Å². The molecule has 0 aliphatic heterocycles. The fourth-order valence-electron chi connectivity index (χ4n) is 2.24. The fraction of sp³-hybridized carbons (Fsp3) is 0.250. The van der Waals surface area contributed by atoms with E-state index in [0.717, 1.165) is 17.7 Å². The Morgan fingerprint density at radius 2 is 1.90 bits per heavy atom. The van der Waals surface area contributed by atoms with Crippen molar-refractivity contribution in [1.82, 2.24) is 5.32 Å². The number of halogens is 3. The molecule has 0 aliphatic carbocycles. The third-order valence-electron chi connectivity index (χ3n) is 3.06. The second-order valence-electron chi connectivity index (χ2n) is 4.65. The minimum Gasteiger partial charge on any atom is -0.310 e. The summed E-state index contributed by atoms with van der Waals surface area (Å²) in [6.07, 6.45) is 0.605. The minimum atomic E-state index is -0.274. The second kappa shape index (κ2) is 6.95. The van der Waals surface area contributed by atoms with E-state index in [9.17, 15) is 8.78 Å². The highest BCUT2D eigenvalue weighted by molar-refractivity contribution is 9.10. The van der Waals surface area contributed by atoms with E-state index in [-0.39, 0.29) is 17.7 Å². The van der Waals surface area contributed by atoms with Crippen molar-refractivity contribution in [3.8, 4) is 0 Å². The summed E-state index contributed by atoms with van der Waals surface area (Å²) in [7, 11) is 0. The van der Waals surface area contributed by atoms with E-state index >= 15 is 0 Å². The molecule has 0 radical (unpaired) electrons. The van der Waals surface area contributed by atoms with Crippen LogP contribution in [-0.2, 0) is 6.42 Å². The average molecular weight is 340 g/mol. The Bertz CT molecular complexity index is 566. The molecule has 1 N–H and O–H groups in total. The zero-order chi connectivity index (χ0) is 14.5. The monoisotopic (exact) mass is 339 g/mol. The lowest BCUT2D eigenvalue weighted by Gasteiger charge is -2.19. The minimum absolute atomic E-state index is 0.0376. The van der Waals surface area contributed by atoms with Gasteiger partial charge in [-0.3, -0.25) is 0 Å². The van der Waals surface area contributed by atoms with E-state index in [4.69, 9.17) is 0 Å². The molecule has 0 aromatic heterocycles. The molecule has 2 aromatic rings. The highest BCUT2D eigenvalue weighted by atomic mass is 79.9. The molecule has 1 unspecified atom stereocenters. The molecule has 0 heterocycles. The van der Waals surface area contributed by atoms with Crippen LogP contribution in [0.4, 0.5) is 8.78 Å². The van der Waals surface area contributed by atoms with Gasteiger partial charge < -0.3 is 5.32 Å². The third-order valence-corrected chi connectivity index (χ3v) is 3.52. The summed E-state index contributed by atoms with van der Waals surface area (Å²) in [5.74, 6) is -0.533. The van der Waals surface area contributed by atoms with E-state index in [1.54, 1.807) is 6.07 Å². The molecule has 0 fully saturated rings. The highest BCUT2D eigenvalue weighted by Gasteiger charge is 2.12. The largest absolute Gasteiger partial charge is 0.310 e. The van der Waals surface area contributed by atoms with Crippen molar-refractivity contribution in [3.05, 3.63) is 69.7 Å². The van der Waals surface area contributed by atoms with E-state index in [2.05, 4.69) is 21.2 Å². The molecule has 0 bridgehead atoms. The molecule has 0 saturated heterocycles. The van der Waals surface area contributed by atoms with E-state index in [0.29, 0.717) is 10.9 Å². The lowest BCUT2D eigenvalue weighted by Crippen LogP contribution is -2.23. The second-order valence-corrected chi connectivity index (χ2v) is 5.56. The van der Waals surface area contributed by atoms with Crippen molar-refractivity contribution in [2.75, 3.05) is 6.54 Å². The zero-order valence-electron chi connectivity index (χ0n) is 11.2. The Morgan fingerprint density at radius 1 is 1.10 bits per heavy atom. The summed E-state index contributed by atoms with van der Waals surface area (Å²) >= 11 is 3.29. The molecular weight excluding hydrogens is 324 g/mol. The number of hydrogen-bond acceptors (Lipinski definition) is 1. The molecule has 1 nitrogen and oxygen atoms in total. The maximum Gasteiger partial charge on any atom is 0.124 e. The van der Waals surface area contributed by atoms with Gasteiger partial charge in [-0.25, -0.2) is 8.78 Å². The Hall–Kier alpha value is -1.26. The Labute approximate surface area is 126 Å². The van der Waals surface area contributed by atoms with Gasteiger partial charge in [-0.05, 0) is 54.4 Å². The molecular formula is C16H16BrF2N. The van der Waals surface area contributed by atoms with Crippen molar-refractivity contribution in [2.45, 2.75) is 19.4 Å². The van der Waals surface area contributed by atoms with Gasteiger partial charge in [-0.15, -0.1) is 0 Å². The van der Waals surface area contributed by atoms with Gasteiger partial charge in [0.05, 0.1) is 0 Å². The van der Waals surface area contributed by atoms with Crippen LogP contribution in [0.15, 0.2) is 46.9 Å². The molecule has 0 spiro atoms. The number of hydrogen-bond donors (Lipinski definition) is 1. The quantitative estimate of drug-likeness (QED) is 0.837. The van der Waals surface area contributed by atoms with Crippen molar-refractivity contribution < 1.29 is 8.78 Å². The third kappa shape index (κ3) is 4.12. The van der Waals surface area contributed by atoms with E-state index in [1.165, 1.54) is 24.3 Å². The standard InChI is InChI=1S/C16H16BrF2N/c1-2-20-16(12-4-3-5-14(18)9-12)8-11-6-13(17)10-15(19)7-11/h3-7,9-10,16,20H,2,8H2,1H3. The summed E-state index contributed by atoms with van der Waals surface area (Å²) in [5.41, 5.74) is 1.74. The van der Waals surface area contributed by atoms with Crippen LogP contribution in [0.5, 0.6) is 0 Å². The van der Waals surface area contributed by atoms with Crippen LogP contribution < -0.4 is 5.32 Å². The normalized spacial score (nSPS) is 12.4. The van der Waals surface area contributed by atoms with Gasteiger partial charge in [0, 0.05) is 10.5 Å². The zero-order valence-corrected chi connectivity index (χ0v) is 12.8. The summed E-state index contributed by atoms with van der Waals surface area (Å²) in [6, 6.07) is 11.3. The fourth-order valence-corrected chi connectivity index (χ4v) is 2.75. The Kier molecular flexibility index (Phi) is 5.26. The predicted molar refractivity (Wildman–Crippen MR) is 80.6 cm³/mol. The lowest BCUT2D eigenvalue weighted by molar-refractivity contribution is 0.540. The molecule has 2 rings (SSSR count). The average Bonchev–Trinajstić information content (AvgIpc) is 2.37. The number of likely N-dealkylation sites (N-methyl/N-ethyl adjacent to an activating group) is 1. The van der Waals surface area contributed by atoms with Gasteiger partial charge >= 0.3 is 0 Å². The summed E-state index contributed by atoms with van der Waals surface area (Å²) in [5, 5.41) is 3.31. The molecule has 4 heteroatoms. The van der Waals surface area contributed by atoms with E-state index < -0.39 is 0 Å². The molecule has 0 amide bonds. The van der Waals surface area contributed by atoms with Gasteiger partial charge in [0.1, 0.15) is 11.6 Å². The predicted octanol–water partition coefficient (Wildman–Crippen LogP) is 4.62. The lowest BCUT2D eigenvalue weighted by atomic mass is 9.98. The van der Waals surface area contributed by atoms with Gasteiger partial charge in [0.25, 0.3) is 0 Å². The summed E-state index contributed by atoms with van der Waals surface area (Å²) in [4.78, 5) is 0. The van der Waals surface area contributed by atoms with Crippen LogP contribution in [0, 0.1) is 11.6 Å². The molecule has 2 aromatic carbocycles. The summed E-state index contributed by atoms with van der Waals surface area (Å²) in [6.45, 7) is 2.76. The Morgan fingerprint density at radius 3 is 2.55 bits per heavy atom. The van der Waals surface area contributed by atoms with Crippen molar-refractivity contribution >= 4 is 15.9 Å². The molecule has 106 valence electrons. The van der Waals surface area contributed by atoms with Gasteiger partial charge in [-0.2, -0.15) is 0 Å². The molecule has 0 aliphatic rings. The molecule has 1 atom stereocenters. The first-order chi connectivity index (χ1) is 9.58. The van der Waals surface area contributed by atoms with Crippen LogP contribution >= 0.6 is 15.9 Å². The van der Waals surface area contributed by atoms with Crippen LogP contribution in [0.3, 0.4) is 0 Å². The maximum atomic E-state index is 13.4. The number of nitrogens with one attached hydrogen (secondary N) is 1. The van der Waals surface area contributed by atoms with Gasteiger partial charge in [-0.1, -0.05) is 35.0 Å². The van der Waals surface area contributed by atoms with Gasteiger partial charge in [0.15, 0.2) is 0 Å². The van der Waals surface area contributed by atoms with Crippen molar-refractivity contribution in [1.29, 1.82) is 0 Å². The maximum absolute atomic E-state index is 13.4. The highest BCUT2D eigenvalue weighted by Crippen LogP contribution is 2.22. The van der Waals surface area contributed by atoms with Crippen LogP contribution in [0.25, 0.3) is 0 Å². The molecule has 0 saturated carbocycles. The first kappa shape index (κ1) is 15.1. The smallest absolute Gasteiger partial charge is 0.124 e. The molecule has 20 heavy (non-hydrogen) atoms. The van der Waals surface area contributed by atoms with Crippen LogP contribution in [0.1, 0.15) is 24.1 Å². The van der Waals surface area contributed by atoms with Crippen molar-refractivity contribution in [2.24, 2.45) is 0 Å². The van der Waals surface area contributed by atoms with Crippen LogP contribution in [0.2, 0.25) is 0 Å².